The van der Waals surface area contributed by atoms with E-state index in [0.717, 1.165) is 17.2 Å². The Labute approximate surface area is 201 Å². The Bertz CT molecular complexity index is 1140. The fraction of sp³-hybridized carbons (Fsp3) is 0.308. The first-order valence-corrected chi connectivity index (χ1v) is 11.0. The van der Waals surface area contributed by atoms with Gasteiger partial charge in [-0.05, 0) is 55.7 Å². The smallest absolute Gasteiger partial charge is 0.418 e. The number of benzene rings is 2. The zero-order valence-electron chi connectivity index (χ0n) is 19.3. The standard InChI is InChI=1S/C26H26F3NO5/c1-17-14-22(10-8-19(17)9-11-24(31)32)33-13-12-18(2)34-25-23(35-21-6-4-3-5-7-21)15-20(16-30-25)26(27,28)29/h3-8,10,14-16,18H,9,11-13H2,1-2H3,(H,31,32). The molecule has 1 N–H and O–H groups in total. The van der Waals surface area contributed by atoms with Crippen molar-refractivity contribution in [2.45, 2.75) is 45.4 Å². The third-order valence-electron chi connectivity index (χ3n) is 5.14. The number of alkyl halides is 3. The monoisotopic (exact) mass is 489 g/mol. The Balaban J connectivity index is 1.61. The van der Waals surface area contributed by atoms with Gasteiger partial charge in [-0.2, -0.15) is 13.2 Å². The summed E-state index contributed by atoms with van der Waals surface area (Å²) in [6.45, 7) is 3.94. The van der Waals surface area contributed by atoms with E-state index in [0.29, 0.717) is 37.1 Å². The molecule has 0 aliphatic rings. The van der Waals surface area contributed by atoms with E-state index in [1.165, 1.54) is 0 Å². The van der Waals surface area contributed by atoms with Crippen molar-refractivity contribution in [3.05, 3.63) is 77.5 Å². The quantitative estimate of drug-likeness (QED) is 0.333. The van der Waals surface area contributed by atoms with E-state index in [9.17, 15) is 18.0 Å². The maximum Gasteiger partial charge on any atom is 0.418 e. The van der Waals surface area contributed by atoms with E-state index >= 15 is 0 Å². The van der Waals surface area contributed by atoms with Gasteiger partial charge in [0.15, 0.2) is 5.75 Å². The van der Waals surface area contributed by atoms with Gasteiger partial charge in [-0.1, -0.05) is 24.3 Å². The maximum absolute atomic E-state index is 13.2. The van der Waals surface area contributed by atoms with E-state index in [2.05, 4.69) is 4.98 Å². The van der Waals surface area contributed by atoms with Gasteiger partial charge in [-0.15, -0.1) is 0 Å². The highest BCUT2D eigenvalue weighted by atomic mass is 19.4. The molecular weight excluding hydrogens is 463 g/mol. The Hall–Kier alpha value is -3.75. The first-order chi connectivity index (χ1) is 16.6. The number of carboxylic acid groups (broad SMARTS) is 1. The molecule has 0 spiro atoms. The molecule has 3 rings (SSSR count). The van der Waals surface area contributed by atoms with Gasteiger partial charge < -0.3 is 19.3 Å². The Morgan fingerprint density at radius 2 is 1.83 bits per heavy atom. The van der Waals surface area contributed by atoms with Crippen LogP contribution in [-0.2, 0) is 17.4 Å². The van der Waals surface area contributed by atoms with Gasteiger partial charge in [-0.3, -0.25) is 4.79 Å². The summed E-state index contributed by atoms with van der Waals surface area (Å²) in [6.07, 6.45) is -3.34. The lowest BCUT2D eigenvalue weighted by atomic mass is 10.0. The molecule has 0 saturated carbocycles. The fourth-order valence-electron chi connectivity index (χ4n) is 3.24. The number of aryl methyl sites for hydroxylation is 2. The van der Waals surface area contributed by atoms with Crippen LogP contribution in [0.4, 0.5) is 13.2 Å². The van der Waals surface area contributed by atoms with Crippen molar-refractivity contribution >= 4 is 5.97 Å². The number of aromatic nitrogens is 1. The first-order valence-electron chi connectivity index (χ1n) is 11.0. The second-order valence-electron chi connectivity index (χ2n) is 7.99. The Morgan fingerprint density at radius 3 is 2.49 bits per heavy atom. The molecule has 0 saturated heterocycles. The van der Waals surface area contributed by atoms with Crippen molar-refractivity contribution in [3.63, 3.8) is 0 Å². The molecule has 0 aliphatic carbocycles. The van der Waals surface area contributed by atoms with Crippen LogP contribution in [0.3, 0.4) is 0 Å². The number of hydrogen-bond donors (Lipinski definition) is 1. The zero-order chi connectivity index (χ0) is 25.4. The van der Waals surface area contributed by atoms with Crippen LogP contribution in [-0.4, -0.2) is 28.8 Å². The number of para-hydroxylation sites is 1. The number of carboxylic acids is 1. The third-order valence-corrected chi connectivity index (χ3v) is 5.14. The SMILES string of the molecule is Cc1cc(OCCC(C)Oc2ncc(C(F)(F)F)cc2Oc2ccccc2)ccc1CCC(=O)O. The molecule has 1 aromatic heterocycles. The zero-order valence-corrected chi connectivity index (χ0v) is 19.3. The topological polar surface area (TPSA) is 77.9 Å². The van der Waals surface area contributed by atoms with Crippen LogP contribution < -0.4 is 14.2 Å². The molecule has 0 radical (unpaired) electrons. The summed E-state index contributed by atoms with van der Waals surface area (Å²) in [5.41, 5.74) is 0.939. The van der Waals surface area contributed by atoms with Gasteiger partial charge in [0, 0.05) is 25.1 Å². The van der Waals surface area contributed by atoms with Crippen molar-refractivity contribution in [2.75, 3.05) is 6.61 Å². The molecule has 0 bridgehead atoms. The molecule has 0 amide bonds. The van der Waals surface area contributed by atoms with Crippen molar-refractivity contribution in [3.8, 4) is 23.1 Å². The average Bonchev–Trinajstić information content (AvgIpc) is 2.79. The summed E-state index contributed by atoms with van der Waals surface area (Å²) >= 11 is 0. The molecule has 3 aromatic rings. The second kappa shape index (κ2) is 11.6. The van der Waals surface area contributed by atoms with Gasteiger partial charge in [-0.25, -0.2) is 4.98 Å². The highest BCUT2D eigenvalue weighted by molar-refractivity contribution is 5.67. The molecule has 2 aromatic carbocycles. The van der Waals surface area contributed by atoms with Crippen molar-refractivity contribution < 1.29 is 37.3 Å². The van der Waals surface area contributed by atoms with Gasteiger partial charge in [0.1, 0.15) is 17.6 Å². The number of ether oxygens (including phenoxy) is 3. The lowest BCUT2D eigenvalue weighted by molar-refractivity contribution is -0.138. The summed E-state index contributed by atoms with van der Waals surface area (Å²) in [5.74, 6) is -0.0379. The number of rotatable bonds is 11. The summed E-state index contributed by atoms with van der Waals surface area (Å²) in [5, 5.41) is 8.84. The lowest BCUT2D eigenvalue weighted by Gasteiger charge is -2.18. The van der Waals surface area contributed by atoms with Crippen molar-refractivity contribution in [1.82, 2.24) is 4.98 Å². The van der Waals surface area contributed by atoms with Crippen LogP contribution in [0.5, 0.6) is 23.1 Å². The minimum Gasteiger partial charge on any atom is -0.493 e. The highest BCUT2D eigenvalue weighted by Gasteiger charge is 2.32. The van der Waals surface area contributed by atoms with E-state index in [1.54, 1.807) is 43.3 Å². The number of nitrogens with zero attached hydrogens (tertiary/aromatic N) is 1. The molecule has 0 fully saturated rings. The van der Waals surface area contributed by atoms with E-state index in [-0.39, 0.29) is 18.1 Å². The minimum atomic E-state index is -4.57. The van der Waals surface area contributed by atoms with Crippen LogP contribution in [0, 0.1) is 6.92 Å². The van der Waals surface area contributed by atoms with Crippen molar-refractivity contribution in [1.29, 1.82) is 0 Å². The summed E-state index contributed by atoms with van der Waals surface area (Å²) in [7, 11) is 0. The van der Waals surface area contributed by atoms with Gasteiger partial charge in [0.2, 0.25) is 0 Å². The van der Waals surface area contributed by atoms with E-state index in [4.69, 9.17) is 19.3 Å². The largest absolute Gasteiger partial charge is 0.493 e. The molecule has 1 heterocycles. The normalized spacial score (nSPS) is 12.1. The molecule has 1 unspecified atom stereocenters. The third kappa shape index (κ3) is 7.91. The minimum absolute atomic E-state index is 0.0482. The molecule has 0 aliphatic heterocycles. The van der Waals surface area contributed by atoms with Crippen LogP contribution >= 0.6 is 0 Å². The average molecular weight is 489 g/mol. The first kappa shape index (κ1) is 25.9. The van der Waals surface area contributed by atoms with Crippen LogP contribution in [0.2, 0.25) is 0 Å². The highest BCUT2D eigenvalue weighted by Crippen LogP contribution is 2.37. The Morgan fingerprint density at radius 1 is 1.09 bits per heavy atom. The maximum atomic E-state index is 13.2. The van der Waals surface area contributed by atoms with E-state index < -0.39 is 23.8 Å². The molecule has 9 heteroatoms. The molecule has 1 atom stereocenters. The Kier molecular flexibility index (Phi) is 8.57. The van der Waals surface area contributed by atoms with Crippen LogP contribution in [0.1, 0.15) is 36.5 Å². The predicted molar refractivity (Wildman–Crippen MR) is 123 cm³/mol. The predicted octanol–water partition coefficient (Wildman–Crippen LogP) is 6.45. The van der Waals surface area contributed by atoms with Gasteiger partial charge in [0.25, 0.3) is 5.88 Å². The number of aliphatic carboxylic acids is 1. The molecule has 6 nitrogen and oxygen atoms in total. The second-order valence-corrected chi connectivity index (χ2v) is 7.99. The lowest BCUT2D eigenvalue weighted by Crippen LogP contribution is -2.17. The molecular formula is C26H26F3NO5. The van der Waals surface area contributed by atoms with E-state index in [1.807, 2.05) is 19.1 Å². The number of pyridine rings is 1. The summed E-state index contributed by atoms with van der Waals surface area (Å²) in [4.78, 5) is 14.6. The molecule has 35 heavy (non-hydrogen) atoms. The molecule has 186 valence electrons. The number of halogens is 3. The summed E-state index contributed by atoms with van der Waals surface area (Å²) in [6, 6.07) is 14.7. The van der Waals surface area contributed by atoms with Crippen molar-refractivity contribution in [2.24, 2.45) is 0 Å². The summed E-state index contributed by atoms with van der Waals surface area (Å²) < 4.78 is 56.7. The number of carbonyl (C=O) groups is 1. The van der Waals surface area contributed by atoms with Crippen LogP contribution in [0.15, 0.2) is 60.8 Å². The van der Waals surface area contributed by atoms with Crippen LogP contribution in [0.25, 0.3) is 0 Å². The van der Waals surface area contributed by atoms with Gasteiger partial charge >= 0.3 is 12.1 Å². The number of hydrogen-bond acceptors (Lipinski definition) is 5. The fourth-order valence-corrected chi connectivity index (χ4v) is 3.24. The van der Waals surface area contributed by atoms with Gasteiger partial charge in [0.05, 0.1) is 12.2 Å².